The van der Waals surface area contributed by atoms with Crippen molar-refractivity contribution in [2.75, 3.05) is 19.6 Å². The first-order chi connectivity index (χ1) is 24.0. The van der Waals surface area contributed by atoms with Crippen LogP contribution in [0.3, 0.4) is 0 Å². The van der Waals surface area contributed by atoms with Gasteiger partial charge in [0.15, 0.2) is 0 Å². The van der Waals surface area contributed by atoms with Gasteiger partial charge in [-0.25, -0.2) is 0 Å². The summed E-state index contributed by atoms with van der Waals surface area (Å²) in [6, 6.07) is 0. The Labute approximate surface area is 310 Å². The molecule has 8 unspecified atom stereocenters. The van der Waals surface area contributed by atoms with Crippen LogP contribution in [0.4, 0.5) is 0 Å². The minimum absolute atomic E-state index is 0.317. The van der Waals surface area contributed by atoms with E-state index in [1.807, 2.05) is 6.08 Å². The Bertz CT molecular complexity index is 1090. The Morgan fingerprint density at radius 1 is 0.840 bits per heavy atom. The largest absolute Gasteiger partial charge is 0.303 e. The number of unbranched alkanes of at least 4 members (excludes halogenated alkanes) is 6. The molecular weight excluding hydrogens is 611 g/mol. The molecule has 0 radical (unpaired) electrons. The lowest BCUT2D eigenvalue weighted by Crippen LogP contribution is -2.50. The second-order valence-corrected chi connectivity index (χ2v) is 19.1. The average molecular weight is 692 g/mol. The highest BCUT2D eigenvalue weighted by Gasteiger charge is 2.59. The van der Waals surface area contributed by atoms with Crippen LogP contribution in [0.5, 0.6) is 0 Å². The Morgan fingerprint density at radius 3 is 2.26 bits per heavy atom. The minimum Gasteiger partial charge on any atom is -0.303 e. The van der Waals surface area contributed by atoms with Crippen molar-refractivity contribution >= 4 is 11.6 Å². The van der Waals surface area contributed by atoms with Crippen molar-refractivity contribution in [1.82, 2.24) is 4.90 Å². The van der Waals surface area contributed by atoms with E-state index in [-0.39, 0.29) is 0 Å². The summed E-state index contributed by atoms with van der Waals surface area (Å²) in [7, 11) is 0. The van der Waals surface area contributed by atoms with Crippen molar-refractivity contribution in [1.29, 1.82) is 0 Å². The maximum absolute atomic E-state index is 13.2. The number of hydrogen-bond donors (Lipinski definition) is 0. The number of rotatable bonds is 24. The van der Waals surface area contributed by atoms with Crippen molar-refractivity contribution in [3.63, 3.8) is 0 Å². The van der Waals surface area contributed by atoms with Crippen molar-refractivity contribution in [2.24, 2.45) is 52.3 Å². The fourth-order valence-electron chi connectivity index (χ4n) is 12.1. The highest BCUT2D eigenvalue weighted by atomic mass is 16.1. The van der Waals surface area contributed by atoms with Crippen LogP contribution in [0.2, 0.25) is 0 Å². The Hall–Kier alpha value is -1.22. The monoisotopic (exact) mass is 692 g/mol. The quantitative estimate of drug-likeness (QED) is 0.0747. The van der Waals surface area contributed by atoms with Crippen molar-refractivity contribution in [3.05, 3.63) is 24.3 Å². The molecule has 3 heteroatoms. The maximum atomic E-state index is 13.2. The number of ketones is 2. The van der Waals surface area contributed by atoms with Gasteiger partial charge in [0, 0.05) is 19.3 Å². The van der Waals surface area contributed by atoms with E-state index in [4.69, 9.17) is 0 Å². The summed E-state index contributed by atoms with van der Waals surface area (Å²) in [6.07, 6.45) is 32.6. The summed E-state index contributed by atoms with van der Waals surface area (Å²) in [4.78, 5) is 27.0. The molecule has 3 saturated carbocycles. The van der Waals surface area contributed by atoms with E-state index in [9.17, 15) is 9.59 Å². The number of carbonyl (C=O) groups excluding carboxylic acids is 2. The van der Waals surface area contributed by atoms with E-state index in [1.54, 1.807) is 12.5 Å². The number of fused-ring (bicyclic) bond motifs is 5. The van der Waals surface area contributed by atoms with Crippen LogP contribution in [0, 0.1) is 52.3 Å². The molecule has 0 N–H and O–H groups in total. The smallest absolute Gasteiger partial charge is 0.133 e. The number of Topliss-reactive ketones (excluding diaryl/α,β-unsaturated/α-hetero) is 2. The normalized spacial score (nSPS) is 31.2. The van der Waals surface area contributed by atoms with E-state index >= 15 is 0 Å². The van der Waals surface area contributed by atoms with Crippen molar-refractivity contribution in [2.45, 2.75) is 189 Å². The van der Waals surface area contributed by atoms with Crippen LogP contribution >= 0.6 is 0 Å². The van der Waals surface area contributed by atoms with Crippen LogP contribution in [0.15, 0.2) is 24.3 Å². The third kappa shape index (κ3) is 11.4. The van der Waals surface area contributed by atoms with E-state index in [0.717, 1.165) is 100 Å². The molecule has 50 heavy (non-hydrogen) atoms. The number of carbonyl (C=O) groups is 2. The first-order valence-electron chi connectivity index (χ1n) is 22.0. The lowest BCUT2D eigenvalue weighted by Gasteiger charge is -2.58. The second kappa shape index (κ2) is 20.3. The van der Waals surface area contributed by atoms with Gasteiger partial charge in [0.05, 0.1) is 0 Å². The zero-order chi connectivity index (χ0) is 36.1. The molecule has 3 nitrogen and oxygen atoms in total. The molecule has 8 atom stereocenters. The van der Waals surface area contributed by atoms with Crippen LogP contribution in [0.25, 0.3) is 0 Å². The van der Waals surface area contributed by atoms with Crippen LogP contribution in [0.1, 0.15) is 189 Å². The lowest BCUT2D eigenvalue weighted by molar-refractivity contribution is -0.120. The Balaban J connectivity index is 1.18. The molecule has 3 fully saturated rings. The summed E-state index contributed by atoms with van der Waals surface area (Å²) >= 11 is 0. The molecule has 0 amide bonds. The van der Waals surface area contributed by atoms with Gasteiger partial charge in [-0.1, -0.05) is 90.9 Å². The van der Waals surface area contributed by atoms with Crippen LogP contribution in [-0.4, -0.2) is 36.1 Å². The molecule has 0 bridgehead atoms. The van der Waals surface area contributed by atoms with Crippen LogP contribution in [-0.2, 0) is 9.59 Å². The van der Waals surface area contributed by atoms with Gasteiger partial charge >= 0.3 is 0 Å². The maximum Gasteiger partial charge on any atom is 0.133 e. The number of allylic oxidation sites excluding steroid dienone is 3. The SMILES string of the molecule is C=CCCCN(CCCCCCC(C)=O)CCCCCC(=O)CC1CCC2(C)C(=CCC3C2CCC2(C)C(C(C)CCCC(C)C)CCC32)C1. The average Bonchev–Trinajstić information content (AvgIpc) is 3.43. The third-order valence-electron chi connectivity index (χ3n) is 15.0. The molecule has 4 aliphatic rings. The summed E-state index contributed by atoms with van der Waals surface area (Å²) < 4.78 is 0. The lowest BCUT2D eigenvalue weighted by atomic mass is 9.46. The Morgan fingerprint density at radius 2 is 1.54 bits per heavy atom. The van der Waals surface area contributed by atoms with Gasteiger partial charge in [0.25, 0.3) is 0 Å². The third-order valence-corrected chi connectivity index (χ3v) is 15.0. The standard InChI is InChI=1S/C47H81NO2/c1-8-9-15-31-48(32-16-11-10-13-21-38(5)49)33-17-12-14-22-41(50)35-39-27-29-46(6)40(34-39)23-24-42-44-26-25-43(37(4)20-18-19-36(2)3)47(44,7)30-28-45(42)46/h8,23,36-37,39,42-45H,1,9-22,24-35H2,2-7H3. The first-order valence-corrected chi connectivity index (χ1v) is 22.0. The molecule has 4 rings (SSSR count). The zero-order valence-corrected chi connectivity index (χ0v) is 34.1. The van der Waals surface area contributed by atoms with E-state index in [0.29, 0.717) is 28.3 Å². The van der Waals surface area contributed by atoms with Gasteiger partial charge in [-0.05, 0) is 169 Å². The molecule has 0 aromatic heterocycles. The van der Waals surface area contributed by atoms with Crippen LogP contribution < -0.4 is 0 Å². The Kier molecular flexibility index (Phi) is 16.9. The minimum atomic E-state index is 0.317. The predicted molar refractivity (Wildman–Crippen MR) is 214 cm³/mol. The molecule has 4 aliphatic carbocycles. The van der Waals surface area contributed by atoms with E-state index < -0.39 is 0 Å². The molecule has 0 heterocycles. The van der Waals surface area contributed by atoms with Gasteiger partial charge in [-0.3, -0.25) is 4.79 Å². The van der Waals surface area contributed by atoms with E-state index in [2.05, 4.69) is 52.2 Å². The van der Waals surface area contributed by atoms with Gasteiger partial charge in [0.1, 0.15) is 11.6 Å². The summed E-state index contributed by atoms with van der Waals surface area (Å²) in [5.41, 5.74) is 2.69. The molecule has 0 saturated heterocycles. The molecule has 286 valence electrons. The fourth-order valence-corrected chi connectivity index (χ4v) is 12.1. The summed E-state index contributed by atoms with van der Waals surface area (Å²) in [5, 5.41) is 0. The summed E-state index contributed by atoms with van der Waals surface area (Å²) in [5.74, 6) is 6.75. The van der Waals surface area contributed by atoms with Gasteiger partial charge < -0.3 is 9.69 Å². The number of hydrogen-bond acceptors (Lipinski definition) is 3. The zero-order valence-electron chi connectivity index (χ0n) is 34.1. The van der Waals surface area contributed by atoms with E-state index in [1.165, 1.54) is 103 Å². The summed E-state index contributed by atoms with van der Waals surface area (Å²) in [6.45, 7) is 21.8. The molecule has 0 aliphatic heterocycles. The molecule has 0 aromatic carbocycles. The van der Waals surface area contributed by atoms with Gasteiger partial charge in [-0.2, -0.15) is 0 Å². The highest BCUT2D eigenvalue weighted by Crippen LogP contribution is 2.67. The highest BCUT2D eigenvalue weighted by molar-refractivity contribution is 5.78. The first kappa shape index (κ1) is 41.5. The molecule has 0 spiro atoms. The van der Waals surface area contributed by atoms with Crippen molar-refractivity contribution in [3.8, 4) is 0 Å². The fraction of sp³-hybridized carbons (Fsp3) is 0.872. The van der Waals surface area contributed by atoms with Crippen molar-refractivity contribution < 1.29 is 9.59 Å². The van der Waals surface area contributed by atoms with Gasteiger partial charge in [0.2, 0.25) is 0 Å². The van der Waals surface area contributed by atoms with Gasteiger partial charge in [-0.15, -0.1) is 6.58 Å². The predicted octanol–water partition coefficient (Wildman–Crippen LogP) is 13.0. The second-order valence-electron chi connectivity index (χ2n) is 19.1. The topological polar surface area (TPSA) is 37.4 Å². The number of nitrogens with zero attached hydrogens (tertiary/aromatic N) is 1. The molecular formula is C47H81NO2. The molecule has 0 aromatic rings.